The predicted molar refractivity (Wildman–Crippen MR) is 114 cm³/mol. The largest absolute Gasteiger partial charge is 0.465 e. The fourth-order valence-electron chi connectivity index (χ4n) is 5.47. The van der Waals surface area contributed by atoms with Gasteiger partial charge in [0.1, 0.15) is 0 Å². The van der Waals surface area contributed by atoms with Gasteiger partial charge >= 0.3 is 5.97 Å². The van der Waals surface area contributed by atoms with Gasteiger partial charge in [0.25, 0.3) is 0 Å². The Morgan fingerprint density at radius 1 is 1.04 bits per heavy atom. The molecule has 3 heteroatoms. The number of benzene rings is 2. The second-order valence-electron chi connectivity index (χ2n) is 8.24. The highest BCUT2D eigenvalue weighted by Crippen LogP contribution is 2.50. The summed E-state index contributed by atoms with van der Waals surface area (Å²) >= 11 is 0. The van der Waals surface area contributed by atoms with Crippen LogP contribution >= 0.6 is 0 Å². The zero-order valence-corrected chi connectivity index (χ0v) is 16.5. The maximum Gasteiger partial charge on any atom is 0.338 e. The van der Waals surface area contributed by atoms with Crippen LogP contribution in [-0.2, 0) is 11.2 Å². The van der Waals surface area contributed by atoms with Crippen molar-refractivity contribution >= 4 is 22.8 Å². The number of carbonyl (C=O) groups is 1. The molecule has 3 nitrogen and oxygen atoms in total. The average molecular weight is 373 g/mol. The molecule has 0 unspecified atom stereocenters. The van der Waals surface area contributed by atoms with Gasteiger partial charge in [0.2, 0.25) is 0 Å². The number of rotatable bonds is 3. The highest BCUT2D eigenvalue weighted by molar-refractivity contribution is 6.04. The smallest absolute Gasteiger partial charge is 0.338 e. The SMILES string of the molecule is COC(=O)c1ccc2c3c1CCN3CC(c1ccccc1)=C2C1CCCCC1. The number of allylic oxidation sites excluding steroid dienone is 1. The number of nitrogens with zero attached hydrogens (tertiary/aromatic N) is 1. The number of anilines is 1. The molecule has 0 amide bonds. The summed E-state index contributed by atoms with van der Waals surface area (Å²) in [4.78, 5) is 14.8. The van der Waals surface area contributed by atoms with E-state index in [1.807, 2.05) is 6.07 Å². The number of esters is 1. The van der Waals surface area contributed by atoms with Crippen LogP contribution in [0.2, 0.25) is 0 Å². The Balaban J connectivity index is 1.71. The van der Waals surface area contributed by atoms with Crippen molar-refractivity contribution in [3.8, 4) is 0 Å². The highest BCUT2D eigenvalue weighted by atomic mass is 16.5. The van der Waals surface area contributed by atoms with Gasteiger partial charge in [-0.2, -0.15) is 0 Å². The molecular weight excluding hydrogens is 346 g/mol. The molecule has 1 saturated carbocycles. The Kier molecular flexibility index (Phi) is 4.46. The lowest BCUT2D eigenvalue weighted by Crippen LogP contribution is -2.29. The molecule has 0 radical (unpaired) electrons. The van der Waals surface area contributed by atoms with Crippen LogP contribution in [0.1, 0.15) is 59.2 Å². The molecule has 2 aromatic rings. The van der Waals surface area contributed by atoms with E-state index >= 15 is 0 Å². The molecule has 2 aliphatic heterocycles. The number of hydrogen-bond donors (Lipinski definition) is 0. The van der Waals surface area contributed by atoms with E-state index in [2.05, 4.69) is 41.3 Å². The van der Waals surface area contributed by atoms with Crippen molar-refractivity contribution in [1.82, 2.24) is 0 Å². The van der Waals surface area contributed by atoms with Crippen LogP contribution in [0.5, 0.6) is 0 Å². The summed E-state index contributed by atoms with van der Waals surface area (Å²) in [5.74, 6) is 0.413. The lowest BCUT2D eigenvalue weighted by molar-refractivity contribution is 0.0599. The van der Waals surface area contributed by atoms with Gasteiger partial charge in [-0.25, -0.2) is 4.79 Å². The zero-order chi connectivity index (χ0) is 19.1. The fraction of sp³-hybridized carbons (Fsp3) is 0.400. The maximum atomic E-state index is 12.3. The monoisotopic (exact) mass is 373 g/mol. The summed E-state index contributed by atoms with van der Waals surface area (Å²) in [7, 11) is 1.47. The molecule has 1 aliphatic carbocycles. The summed E-state index contributed by atoms with van der Waals surface area (Å²) in [5.41, 5.74) is 8.95. The third-order valence-electron chi connectivity index (χ3n) is 6.74. The predicted octanol–water partition coefficient (Wildman–Crippen LogP) is 5.34. The summed E-state index contributed by atoms with van der Waals surface area (Å²) in [6, 6.07) is 15.1. The van der Waals surface area contributed by atoms with Crippen LogP contribution < -0.4 is 4.90 Å². The Bertz CT molecular complexity index is 939. The first-order valence-electron chi connectivity index (χ1n) is 10.6. The molecule has 5 rings (SSSR count). The minimum atomic E-state index is -0.211. The Labute approximate surface area is 167 Å². The Morgan fingerprint density at radius 2 is 1.82 bits per heavy atom. The number of carbonyl (C=O) groups excluding carboxylic acids is 1. The molecule has 0 N–H and O–H groups in total. The van der Waals surface area contributed by atoms with E-state index in [1.165, 1.54) is 72.7 Å². The Morgan fingerprint density at radius 3 is 2.57 bits per heavy atom. The first kappa shape index (κ1) is 17.5. The van der Waals surface area contributed by atoms with E-state index in [0.29, 0.717) is 5.92 Å². The summed E-state index contributed by atoms with van der Waals surface area (Å²) in [6.45, 7) is 1.92. The van der Waals surface area contributed by atoms with E-state index in [4.69, 9.17) is 4.74 Å². The van der Waals surface area contributed by atoms with Gasteiger partial charge in [-0.05, 0) is 53.5 Å². The van der Waals surface area contributed by atoms with Crippen molar-refractivity contribution in [1.29, 1.82) is 0 Å². The van der Waals surface area contributed by atoms with Gasteiger partial charge in [-0.1, -0.05) is 55.7 Å². The molecule has 144 valence electrons. The van der Waals surface area contributed by atoms with E-state index in [-0.39, 0.29) is 5.97 Å². The third-order valence-corrected chi connectivity index (χ3v) is 6.74. The fourth-order valence-corrected chi connectivity index (χ4v) is 5.47. The van der Waals surface area contributed by atoms with Crippen molar-refractivity contribution in [2.24, 2.45) is 5.92 Å². The number of hydrogen-bond acceptors (Lipinski definition) is 3. The van der Waals surface area contributed by atoms with Crippen LogP contribution in [0.3, 0.4) is 0 Å². The molecule has 0 aromatic heterocycles. The van der Waals surface area contributed by atoms with Gasteiger partial charge in [-0.3, -0.25) is 0 Å². The molecular formula is C25H27NO2. The van der Waals surface area contributed by atoms with Gasteiger partial charge in [-0.15, -0.1) is 0 Å². The highest BCUT2D eigenvalue weighted by Gasteiger charge is 2.36. The van der Waals surface area contributed by atoms with Crippen LogP contribution in [-0.4, -0.2) is 26.2 Å². The van der Waals surface area contributed by atoms with Gasteiger partial charge in [0, 0.05) is 24.3 Å². The molecule has 0 saturated heterocycles. The molecule has 0 spiro atoms. The molecule has 3 aliphatic rings. The van der Waals surface area contributed by atoms with Crippen LogP contribution in [0.25, 0.3) is 11.1 Å². The van der Waals surface area contributed by atoms with E-state index < -0.39 is 0 Å². The lowest BCUT2D eigenvalue weighted by atomic mass is 9.75. The van der Waals surface area contributed by atoms with Crippen molar-refractivity contribution in [3.05, 3.63) is 64.7 Å². The third kappa shape index (κ3) is 2.76. The van der Waals surface area contributed by atoms with Gasteiger partial charge < -0.3 is 9.64 Å². The standard InChI is InChI=1S/C25H27NO2/c1-28-25(27)20-12-13-21-23(18-10-6-3-7-11-18)22(17-8-4-2-5-9-17)16-26-15-14-19(20)24(21)26/h2,4-5,8-9,12-13,18H,3,6-7,10-11,14-16H2,1H3. The van der Waals surface area contributed by atoms with Crippen LogP contribution in [0, 0.1) is 5.92 Å². The summed E-state index contributed by atoms with van der Waals surface area (Å²) < 4.78 is 5.05. The second kappa shape index (κ2) is 7.12. The van der Waals surface area contributed by atoms with Crippen molar-refractivity contribution in [3.63, 3.8) is 0 Å². The van der Waals surface area contributed by atoms with E-state index in [0.717, 1.165) is 25.1 Å². The second-order valence-corrected chi connectivity index (χ2v) is 8.24. The topological polar surface area (TPSA) is 29.5 Å². The zero-order valence-electron chi connectivity index (χ0n) is 16.5. The Hall–Kier alpha value is -2.55. The minimum Gasteiger partial charge on any atom is -0.465 e. The van der Waals surface area contributed by atoms with E-state index in [9.17, 15) is 4.79 Å². The summed E-state index contributed by atoms with van der Waals surface area (Å²) in [5, 5.41) is 0. The van der Waals surface area contributed by atoms with Crippen molar-refractivity contribution < 1.29 is 9.53 Å². The normalized spacial score (nSPS) is 19.0. The maximum absolute atomic E-state index is 12.3. The quantitative estimate of drug-likeness (QED) is 0.680. The molecule has 0 atom stereocenters. The van der Waals surface area contributed by atoms with Crippen LogP contribution in [0.4, 0.5) is 5.69 Å². The first-order valence-corrected chi connectivity index (χ1v) is 10.6. The van der Waals surface area contributed by atoms with Gasteiger partial charge in [0.15, 0.2) is 0 Å². The molecule has 1 fully saturated rings. The minimum absolute atomic E-state index is 0.211. The lowest BCUT2D eigenvalue weighted by Gasteiger charge is -2.36. The molecule has 0 bridgehead atoms. The van der Waals surface area contributed by atoms with Crippen LogP contribution in [0.15, 0.2) is 42.5 Å². The average Bonchev–Trinajstić information content (AvgIpc) is 3.19. The number of ether oxygens (including phenoxy) is 1. The number of methoxy groups -OCH3 is 1. The van der Waals surface area contributed by atoms with Crippen molar-refractivity contribution in [2.45, 2.75) is 38.5 Å². The molecule has 28 heavy (non-hydrogen) atoms. The molecule has 2 aromatic carbocycles. The van der Waals surface area contributed by atoms with E-state index in [1.54, 1.807) is 0 Å². The van der Waals surface area contributed by atoms with Gasteiger partial charge in [0.05, 0.1) is 12.7 Å². The van der Waals surface area contributed by atoms with Crippen molar-refractivity contribution in [2.75, 3.05) is 25.1 Å². The molecule has 2 heterocycles. The summed E-state index contributed by atoms with van der Waals surface area (Å²) in [6.07, 6.45) is 7.48. The first-order chi connectivity index (χ1) is 13.8.